The van der Waals surface area contributed by atoms with Crippen molar-refractivity contribution < 1.29 is 9.47 Å². The molecule has 2 rings (SSSR count). The first kappa shape index (κ1) is 19.7. The van der Waals surface area contributed by atoms with Crippen molar-refractivity contribution in [1.82, 2.24) is 10.3 Å². The first-order valence-electron chi connectivity index (χ1n) is 7.43. The Morgan fingerprint density at radius 2 is 1.87 bits per heavy atom. The third-order valence-electron chi connectivity index (χ3n) is 3.02. The molecule has 0 unspecified atom stereocenters. The number of hydrogen-bond acceptors (Lipinski definition) is 4. The Morgan fingerprint density at radius 1 is 1.09 bits per heavy atom. The molecule has 0 bridgehead atoms. The van der Waals surface area contributed by atoms with Crippen LogP contribution in [-0.4, -0.2) is 18.2 Å². The SMILES string of the molecule is CCOc1cc(CNCc2ccccn2)cc(Br)c1OCC.Cl. The smallest absolute Gasteiger partial charge is 0.175 e. The lowest BCUT2D eigenvalue weighted by Gasteiger charge is -2.15. The van der Waals surface area contributed by atoms with E-state index in [0.29, 0.717) is 13.2 Å². The number of benzene rings is 1. The van der Waals surface area contributed by atoms with E-state index in [1.54, 1.807) is 6.20 Å². The highest BCUT2D eigenvalue weighted by Crippen LogP contribution is 2.36. The van der Waals surface area contributed by atoms with Gasteiger partial charge in [0.05, 0.1) is 23.4 Å². The quantitative estimate of drug-likeness (QED) is 0.714. The Bertz CT molecular complexity index is 597. The second-order valence-electron chi connectivity index (χ2n) is 4.70. The number of rotatable bonds is 8. The highest BCUT2D eigenvalue weighted by atomic mass is 79.9. The van der Waals surface area contributed by atoms with Gasteiger partial charge < -0.3 is 14.8 Å². The van der Waals surface area contributed by atoms with E-state index in [4.69, 9.17) is 9.47 Å². The van der Waals surface area contributed by atoms with Gasteiger partial charge >= 0.3 is 0 Å². The van der Waals surface area contributed by atoms with Gasteiger partial charge in [0.15, 0.2) is 11.5 Å². The van der Waals surface area contributed by atoms with Gasteiger partial charge in [0.1, 0.15) is 0 Å². The molecule has 4 nitrogen and oxygen atoms in total. The molecule has 0 radical (unpaired) electrons. The molecule has 1 aromatic heterocycles. The van der Waals surface area contributed by atoms with Gasteiger partial charge in [-0.2, -0.15) is 0 Å². The van der Waals surface area contributed by atoms with Crippen LogP contribution in [0.25, 0.3) is 0 Å². The zero-order valence-electron chi connectivity index (χ0n) is 13.3. The maximum absolute atomic E-state index is 5.68. The van der Waals surface area contributed by atoms with Gasteiger partial charge in [-0.3, -0.25) is 4.98 Å². The van der Waals surface area contributed by atoms with Crippen LogP contribution in [0, 0.1) is 0 Å². The molecule has 126 valence electrons. The predicted octanol–water partition coefficient (Wildman–Crippen LogP) is 4.35. The molecule has 0 aliphatic rings. The molecule has 0 spiro atoms. The van der Waals surface area contributed by atoms with E-state index in [2.05, 4.69) is 32.3 Å². The minimum atomic E-state index is 0. The molecule has 1 heterocycles. The van der Waals surface area contributed by atoms with Crippen LogP contribution in [0.2, 0.25) is 0 Å². The van der Waals surface area contributed by atoms with Crippen LogP contribution in [0.1, 0.15) is 25.1 Å². The summed E-state index contributed by atoms with van der Waals surface area (Å²) in [7, 11) is 0. The molecule has 0 aliphatic carbocycles. The maximum Gasteiger partial charge on any atom is 0.175 e. The Hall–Kier alpha value is -1.30. The first-order chi connectivity index (χ1) is 10.7. The zero-order chi connectivity index (χ0) is 15.8. The van der Waals surface area contributed by atoms with Gasteiger partial charge in [0, 0.05) is 19.3 Å². The largest absolute Gasteiger partial charge is 0.490 e. The second kappa shape index (κ2) is 10.5. The lowest BCUT2D eigenvalue weighted by Crippen LogP contribution is -2.14. The Labute approximate surface area is 152 Å². The molecule has 6 heteroatoms. The molecular weight excluding hydrogens is 380 g/mol. The van der Waals surface area contributed by atoms with E-state index < -0.39 is 0 Å². The van der Waals surface area contributed by atoms with Crippen molar-refractivity contribution in [2.75, 3.05) is 13.2 Å². The summed E-state index contributed by atoms with van der Waals surface area (Å²) in [5.74, 6) is 1.53. The predicted molar refractivity (Wildman–Crippen MR) is 98.5 cm³/mol. The Morgan fingerprint density at radius 3 is 2.52 bits per heavy atom. The monoisotopic (exact) mass is 400 g/mol. The van der Waals surface area contributed by atoms with Crippen LogP contribution in [0.3, 0.4) is 0 Å². The fourth-order valence-corrected chi connectivity index (χ4v) is 2.71. The summed E-state index contributed by atoms with van der Waals surface area (Å²) in [6.45, 7) is 6.62. The summed E-state index contributed by atoms with van der Waals surface area (Å²) >= 11 is 3.56. The van der Waals surface area contributed by atoms with Crippen LogP contribution in [0.4, 0.5) is 0 Å². The number of nitrogens with zero attached hydrogens (tertiary/aromatic N) is 1. The molecule has 0 fully saturated rings. The van der Waals surface area contributed by atoms with E-state index in [1.807, 2.05) is 38.1 Å². The van der Waals surface area contributed by atoms with Crippen molar-refractivity contribution in [1.29, 1.82) is 0 Å². The maximum atomic E-state index is 5.68. The number of hydrogen-bond donors (Lipinski definition) is 1. The van der Waals surface area contributed by atoms with Crippen LogP contribution in [-0.2, 0) is 13.1 Å². The summed E-state index contributed by atoms with van der Waals surface area (Å²) < 4.78 is 12.2. The molecule has 0 saturated heterocycles. The normalized spacial score (nSPS) is 10.0. The Kier molecular flexibility index (Phi) is 8.99. The van der Waals surface area contributed by atoms with Crippen LogP contribution in [0.15, 0.2) is 41.0 Å². The average Bonchev–Trinajstić information content (AvgIpc) is 2.52. The molecule has 2 aromatic rings. The molecule has 0 amide bonds. The fourth-order valence-electron chi connectivity index (χ4n) is 2.11. The molecule has 0 saturated carbocycles. The molecule has 1 N–H and O–H groups in total. The average molecular weight is 402 g/mol. The molecule has 1 aromatic carbocycles. The highest BCUT2D eigenvalue weighted by Gasteiger charge is 2.11. The zero-order valence-corrected chi connectivity index (χ0v) is 15.7. The van der Waals surface area contributed by atoms with E-state index in [0.717, 1.165) is 40.3 Å². The molecule has 0 atom stereocenters. The van der Waals surface area contributed by atoms with Crippen molar-refractivity contribution in [3.05, 3.63) is 52.3 Å². The van der Waals surface area contributed by atoms with Crippen LogP contribution in [0.5, 0.6) is 11.5 Å². The van der Waals surface area contributed by atoms with Crippen molar-refractivity contribution in [2.24, 2.45) is 0 Å². The minimum absolute atomic E-state index is 0. The van der Waals surface area contributed by atoms with Gasteiger partial charge in [0.2, 0.25) is 0 Å². The molecule has 0 aliphatic heterocycles. The fraction of sp³-hybridized carbons (Fsp3) is 0.353. The van der Waals surface area contributed by atoms with Crippen molar-refractivity contribution in [3.8, 4) is 11.5 Å². The van der Waals surface area contributed by atoms with Gasteiger partial charge in [-0.1, -0.05) is 6.07 Å². The third-order valence-corrected chi connectivity index (χ3v) is 3.61. The van der Waals surface area contributed by atoms with E-state index >= 15 is 0 Å². The summed E-state index contributed by atoms with van der Waals surface area (Å²) in [5.41, 5.74) is 2.16. The van der Waals surface area contributed by atoms with Crippen molar-refractivity contribution in [2.45, 2.75) is 26.9 Å². The number of aromatic nitrogens is 1. The van der Waals surface area contributed by atoms with Gasteiger partial charge in [-0.05, 0) is 59.6 Å². The van der Waals surface area contributed by atoms with E-state index in [-0.39, 0.29) is 12.4 Å². The van der Waals surface area contributed by atoms with Gasteiger partial charge in [-0.25, -0.2) is 0 Å². The summed E-state index contributed by atoms with van der Waals surface area (Å²) in [6.07, 6.45) is 1.80. The minimum Gasteiger partial charge on any atom is -0.490 e. The molecule has 23 heavy (non-hydrogen) atoms. The molecular formula is C17H22BrClN2O2. The van der Waals surface area contributed by atoms with Gasteiger partial charge in [0.25, 0.3) is 0 Å². The van der Waals surface area contributed by atoms with E-state index in [1.165, 1.54) is 0 Å². The Balaban J connectivity index is 0.00000264. The second-order valence-corrected chi connectivity index (χ2v) is 5.55. The topological polar surface area (TPSA) is 43.4 Å². The number of halogens is 2. The lowest BCUT2D eigenvalue weighted by atomic mass is 10.2. The number of nitrogens with one attached hydrogen (secondary N) is 1. The standard InChI is InChI=1S/C17H21BrN2O2.ClH/c1-3-21-16-10-13(9-15(18)17(16)22-4-2)11-19-12-14-7-5-6-8-20-14;/h5-10,19H,3-4,11-12H2,1-2H3;1H. The van der Waals surface area contributed by atoms with Crippen LogP contribution < -0.4 is 14.8 Å². The third kappa shape index (κ3) is 6.01. The van der Waals surface area contributed by atoms with Crippen molar-refractivity contribution >= 4 is 28.3 Å². The number of ether oxygens (including phenoxy) is 2. The summed E-state index contributed by atoms with van der Waals surface area (Å²) in [5, 5.41) is 3.39. The van der Waals surface area contributed by atoms with Gasteiger partial charge in [-0.15, -0.1) is 12.4 Å². The van der Waals surface area contributed by atoms with Crippen molar-refractivity contribution in [3.63, 3.8) is 0 Å². The lowest BCUT2D eigenvalue weighted by molar-refractivity contribution is 0.286. The summed E-state index contributed by atoms with van der Waals surface area (Å²) in [4.78, 5) is 4.30. The number of pyridine rings is 1. The highest BCUT2D eigenvalue weighted by molar-refractivity contribution is 9.10. The van der Waals surface area contributed by atoms with Crippen LogP contribution >= 0.6 is 28.3 Å². The van der Waals surface area contributed by atoms with E-state index in [9.17, 15) is 0 Å². The summed E-state index contributed by atoms with van der Waals surface area (Å²) in [6, 6.07) is 9.99. The first-order valence-corrected chi connectivity index (χ1v) is 8.22.